The third-order valence-corrected chi connectivity index (χ3v) is 7.43. The molecule has 3 heterocycles. The third-order valence-electron chi connectivity index (χ3n) is 7.43. The average molecular weight is 606 g/mol. The van der Waals surface area contributed by atoms with E-state index in [1.165, 1.54) is 31.4 Å². The summed E-state index contributed by atoms with van der Waals surface area (Å²) >= 11 is 0. The first-order valence-corrected chi connectivity index (χ1v) is 12.9. The monoisotopic (exact) mass is 605 g/mol. The molecule has 2 aromatic heterocycles. The number of rotatable bonds is 8. The maximum absolute atomic E-state index is 14.6. The number of hydrogen-bond donors (Lipinski definition) is 2. The van der Waals surface area contributed by atoms with Crippen molar-refractivity contribution >= 4 is 16.8 Å². The van der Waals surface area contributed by atoms with Crippen molar-refractivity contribution in [2.24, 2.45) is 0 Å². The number of aliphatic hydroxyl groups is 1. The van der Waals surface area contributed by atoms with Gasteiger partial charge in [-0.2, -0.15) is 13.2 Å². The van der Waals surface area contributed by atoms with Gasteiger partial charge in [-0.3, -0.25) is 9.78 Å². The zero-order chi connectivity index (χ0) is 31.2. The lowest BCUT2D eigenvalue weighted by molar-refractivity contribution is -0.265. The number of halogens is 6. The number of pyridine rings is 2. The summed E-state index contributed by atoms with van der Waals surface area (Å²) < 4.78 is 96.6. The number of aryl methyl sites for hydroxylation is 1. The molecule has 1 aliphatic heterocycles. The molecule has 0 fully saturated rings. The minimum absolute atomic E-state index is 0.0718. The topological polar surface area (TPSA) is 93.6 Å². The largest absolute Gasteiger partial charge is 0.494 e. The molecular weight excluding hydrogens is 580 g/mol. The number of methoxy groups -OCH3 is 1. The highest BCUT2D eigenvalue weighted by molar-refractivity contribution is 6.00. The molecule has 0 unspecified atom stereocenters. The van der Waals surface area contributed by atoms with Gasteiger partial charge in [-0.15, -0.1) is 0 Å². The van der Waals surface area contributed by atoms with E-state index in [0.717, 1.165) is 23.8 Å². The van der Waals surface area contributed by atoms with Gasteiger partial charge in [0.15, 0.2) is 0 Å². The van der Waals surface area contributed by atoms with Gasteiger partial charge in [0.25, 0.3) is 5.91 Å². The van der Waals surface area contributed by atoms with Crippen molar-refractivity contribution in [1.29, 1.82) is 0 Å². The summed E-state index contributed by atoms with van der Waals surface area (Å²) in [5.74, 6) is -1.61. The third kappa shape index (κ3) is 5.22. The number of alkyl halides is 5. The highest BCUT2D eigenvalue weighted by Crippen LogP contribution is 2.48. The first-order chi connectivity index (χ1) is 20.4. The van der Waals surface area contributed by atoms with Crippen LogP contribution in [-0.4, -0.2) is 60.8 Å². The number of nitrogens with zero attached hydrogens (tertiary/aromatic N) is 2. The van der Waals surface area contributed by atoms with Gasteiger partial charge in [0.2, 0.25) is 5.60 Å². The molecule has 226 valence electrons. The molecule has 1 aliphatic rings. The summed E-state index contributed by atoms with van der Waals surface area (Å²) in [7, 11) is 1.34. The van der Waals surface area contributed by atoms with Gasteiger partial charge in [-0.05, 0) is 61.0 Å². The Balaban J connectivity index is 1.58. The molecule has 5 rings (SSSR count). The summed E-state index contributed by atoms with van der Waals surface area (Å²) in [6.07, 6.45) is -3.83. The maximum atomic E-state index is 14.6. The Morgan fingerprint density at radius 3 is 2.44 bits per heavy atom. The molecule has 0 bridgehead atoms. The molecule has 2 N–H and O–H groups in total. The molecule has 0 saturated carbocycles. The molecule has 7 nitrogen and oxygen atoms in total. The minimum Gasteiger partial charge on any atom is -0.494 e. The van der Waals surface area contributed by atoms with Gasteiger partial charge in [-0.1, -0.05) is 0 Å². The van der Waals surface area contributed by atoms with Crippen LogP contribution in [0.3, 0.4) is 0 Å². The van der Waals surface area contributed by atoms with Gasteiger partial charge < -0.3 is 19.9 Å². The smallest absolute Gasteiger partial charge is 0.424 e. The van der Waals surface area contributed by atoms with Gasteiger partial charge in [-0.25, -0.2) is 18.2 Å². The van der Waals surface area contributed by atoms with E-state index in [1.54, 1.807) is 19.2 Å². The van der Waals surface area contributed by atoms with Crippen LogP contribution in [0.25, 0.3) is 22.2 Å². The molecule has 1 amide bonds. The zero-order valence-electron chi connectivity index (χ0n) is 22.9. The van der Waals surface area contributed by atoms with Crippen molar-refractivity contribution in [2.45, 2.75) is 24.1 Å². The van der Waals surface area contributed by atoms with Gasteiger partial charge in [0.1, 0.15) is 48.5 Å². The van der Waals surface area contributed by atoms with Crippen molar-refractivity contribution in [3.63, 3.8) is 0 Å². The van der Waals surface area contributed by atoms with Crippen LogP contribution in [0.4, 0.5) is 26.3 Å². The Bertz CT molecular complexity index is 1690. The average Bonchev–Trinajstić information content (AvgIpc) is 3.37. The highest BCUT2D eigenvalue weighted by atomic mass is 19.4. The van der Waals surface area contributed by atoms with E-state index in [-0.39, 0.29) is 33.9 Å². The summed E-state index contributed by atoms with van der Waals surface area (Å²) in [5.41, 5.74) is -6.17. The normalized spacial score (nSPS) is 15.5. The first kappa shape index (κ1) is 30.1. The van der Waals surface area contributed by atoms with E-state index in [0.29, 0.717) is 10.9 Å². The molecule has 1 atom stereocenters. The van der Waals surface area contributed by atoms with Gasteiger partial charge >= 0.3 is 6.18 Å². The van der Waals surface area contributed by atoms with Crippen LogP contribution in [0.2, 0.25) is 0 Å². The molecule has 2 aromatic carbocycles. The summed E-state index contributed by atoms with van der Waals surface area (Å²) in [6, 6.07) is 9.60. The number of amides is 1. The molecule has 0 radical (unpaired) electrons. The lowest BCUT2D eigenvalue weighted by Gasteiger charge is -2.31. The predicted molar refractivity (Wildman–Crippen MR) is 144 cm³/mol. The number of fused-ring (bicyclic) bond motifs is 2. The lowest BCUT2D eigenvalue weighted by atomic mass is 9.82. The van der Waals surface area contributed by atoms with E-state index in [9.17, 15) is 36.2 Å². The SMILES string of the molecule is COc1cc(C(=O)NC[C@](O)(c2cc3c(c(-c4ccc(F)cc4)n2)OCC3(CF)CF)C(F)(F)F)cc2cc(C)cnc12. The van der Waals surface area contributed by atoms with Crippen LogP contribution in [0, 0.1) is 12.7 Å². The Morgan fingerprint density at radius 2 is 1.81 bits per heavy atom. The van der Waals surface area contributed by atoms with Crippen LogP contribution < -0.4 is 14.8 Å². The fourth-order valence-electron chi connectivity index (χ4n) is 4.89. The number of hydrogen-bond acceptors (Lipinski definition) is 6. The number of nitrogens with one attached hydrogen (secondary N) is 1. The van der Waals surface area contributed by atoms with Crippen LogP contribution in [0.15, 0.2) is 54.7 Å². The predicted octanol–water partition coefficient (Wildman–Crippen LogP) is 5.50. The van der Waals surface area contributed by atoms with E-state index in [4.69, 9.17) is 9.47 Å². The Hall–Kier alpha value is -4.39. The number of carbonyl (C=O) groups is 1. The number of ether oxygens (including phenoxy) is 2. The summed E-state index contributed by atoms with van der Waals surface area (Å²) in [4.78, 5) is 21.4. The second-order valence-corrected chi connectivity index (χ2v) is 10.4. The molecule has 13 heteroatoms. The number of aromatic nitrogens is 2. The Morgan fingerprint density at radius 1 is 1.12 bits per heavy atom. The molecule has 43 heavy (non-hydrogen) atoms. The maximum Gasteiger partial charge on any atom is 0.424 e. The molecule has 4 aromatic rings. The van der Waals surface area contributed by atoms with Gasteiger partial charge in [0.05, 0.1) is 24.8 Å². The molecule has 0 saturated heterocycles. The van der Waals surface area contributed by atoms with Crippen molar-refractivity contribution in [3.05, 3.63) is 82.9 Å². The van der Waals surface area contributed by atoms with Crippen LogP contribution >= 0.6 is 0 Å². The number of benzene rings is 2. The molecular formula is C30H25F6N3O4. The number of carbonyl (C=O) groups excluding carboxylic acids is 1. The van der Waals surface area contributed by atoms with E-state index in [1.807, 2.05) is 0 Å². The minimum atomic E-state index is -5.42. The van der Waals surface area contributed by atoms with Crippen molar-refractivity contribution in [1.82, 2.24) is 15.3 Å². The lowest BCUT2D eigenvalue weighted by Crippen LogP contribution is -2.51. The quantitative estimate of drug-likeness (QED) is 0.258. The van der Waals surface area contributed by atoms with Crippen LogP contribution in [0.1, 0.15) is 27.2 Å². The van der Waals surface area contributed by atoms with E-state index < -0.39 is 61.1 Å². The second kappa shape index (κ2) is 11.0. The van der Waals surface area contributed by atoms with Crippen LogP contribution in [-0.2, 0) is 11.0 Å². The zero-order valence-corrected chi connectivity index (χ0v) is 22.9. The van der Waals surface area contributed by atoms with Gasteiger partial charge in [0, 0.05) is 28.3 Å². The highest BCUT2D eigenvalue weighted by Gasteiger charge is 2.57. The standard InChI is InChI=1S/C30H25F6N3O4/c1-16-7-18-8-19(9-22(42-2)24(18)37-11-16)27(40)38-14-29(41,30(34,35)36)23-10-21-26(43-15-28(21,12-31)13-32)25(39-23)17-3-5-20(33)6-4-17/h3-11,41H,12-15H2,1-2H3,(H,38,40)/t29-/m0/s1. The Labute approximate surface area is 241 Å². The van der Waals surface area contributed by atoms with E-state index >= 15 is 0 Å². The summed E-state index contributed by atoms with van der Waals surface area (Å²) in [6.45, 7) is -2.81. The first-order valence-electron chi connectivity index (χ1n) is 12.9. The second-order valence-electron chi connectivity index (χ2n) is 10.4. The van der Waals surface area contributed by atoms with Crippen molar-refractivity contribution < 1.29 is 45.7 Å². The fourth-order valence-corrected chi connectivity index (χ4v) is 4.89. The summed E-state index contributed by atoms with van der Waals surface area (Å²) in [5, 5.41) is 13.8. The van der Waals surface area contributed by atoms with E-state index in [2.05, 4.69) is 15.3 Å². The van der Waals surface area contributed by atoms with Crippen molar-refractivity contribution in [2.75, 3.05) is 33.6 Å². The van der Waals surface area contributed by atoms with Crippen molar-refractivity contribution in [3.8, 4) is 22.8 Å². The molecule has 0 aliphatic carbocycles. The fraction of sp³-hybridized carbons (Fsp3) is 0.300. The Kier molecular flexibility index (Phi) is 7.71. The van der Waals surface area contributed by atoms with Crippen LogP contribution in [0.5, 0.6) is 11.5 Å². The molecule has 0 spiro atoms.